The van der Waals surface area contributed by atoms with Gasteiger partial charge in [-0.25, -0.2) is 4.79 Å². The Labute approximate surface area is 328 Å². The van der Waals surface area contributed by atoms with E-state index < -0.39 is 90.9 Å². The van der Waals surface area contributed by atoms with Crippen LogP contribution in [0, 0.1) is 35.5 Å². The minimum Gasteiger partial charge on any atom is -0.490 e. The number of ether oxygens (including phenoxy) is 7. The van der Waals surface area contributed by atoms with Crippen molar-refractivity contribution >= 4 is 5.97 Å². The molecular formula is C42H70O13. The first-order chi connectivity index (χ1) is 25.7. The van der Waals surface area contributed by atoms with Crippen molar-refractivity contribution in [1.82, 2.24) is 0 Å². The summed E-state index contributed by atoms with van der Waals surface area (Å²) in [6, 6.07) is 0. The molecule has 5 N–H and O–H groups in total. The molecule has 3 heterocycles. The van der Waals surface area contributed by atoms with Crippen LogP contribution in [0.4, 0.5) is 0 Å². The number of rotatable bonds is 10. The number of carbonyl (C=O) groups excluding carboxylic acids is 1. The summed E-state index contributed by atoms with van der Waals surface area (Å²) in [6.07, 6.45) is -0.670. The van der Waals surface area contributed by atoms with E-state index in [0.29, 0.717) is 12.0 Å². The maximum atomic E-state index is 13.8. The molecule has 0 aliphatic carbocycles. The number of allylic oxidation sites excluding steroid dienone is 5. The lowest BCUT2D eigenvalue weighted by Gasteiger charge is -2.51. The molecule has 0 unspecified atom stereocenters. The summed E-state index contributed by atoms with van der Waals surface area (Å²) in [5.74, 6) is -5.08. The van der Waals surface area contributed by atoms with E-state index in [1.54, 1.807) is 32.9 Å². The standard InChI is InChI=1S/C42H70O13/c1-21(2)37-26(7)32(53-41-39(51-13)36(46)35(45)29(10)52-41)20-42(48,55-37)28(9)34(44)27(8)38-30(49-11)16-14-15-22(3)17-24(5)33(43)25(6)18-23(4)19-31(50-12)40(47)54-38/h14-16,18-19,21,24-30,32-39,41,43-46,48H,17,20H2,1-13H3/b16-14-,22-15-,23-18-,31-19+/t24-,25+,26-,27-,28-,29-,30-,32+,33-,34+,35-,36+,37+,38+,39+,41-,42+/m0/s1. The largest absolute Gasteiger partial charge is 0.490 e. The number of cyclic esters (lactones) is 1. The Morgan fingerprint density at radius 2 is 1.58 bits per heavy atom. The molecule has 0 bridgehead atoms. The Kier molecular flexibility index (Phi) is 17.6. The van der Waals surface area contributed by atoms with Gasteiger partial charge in [-0.15, -0.1) is 0 Å². The third kappa shape index (κ3) is 11.5. The summed E-state index contributed by atoms with van der Waals surface area (Å²) in [5, 5.41) is 56.6. The van der Waals surface area contributed by atoms with E-state index in [2.05, 4.69) is 0 Å². The van der Waals surface area contributed by atoms with Crippen LogP contribution in [0.5, 0.6) is 0 Å². The summed E-state index contributed by atoms with van der Waals surface area (Å²) in [7, 11) is 4.25. The number of hydrogen-bond acceptors (Lipinski definition) is 13. The molecule has 316 valence electrons. The highest BCUT2D eigenvalue weighted by molar-refractivity contribution is 5.87. The zero-order valence-corrected chi connectivity index (χ0v) is 35.1. The van der Waals surface area contributed by atoms with Gasteiger partial charge in [0.1, 0.15) is 30.5 Å². The van der Waals surface area contributed by atoms with Crippen LogP contribution >= 0.6 is 0 Å². The van der Waals surface area contributed by atoms with Crippen molar-refractivity contribution in [2.75, 3.05) is 21.3 Å². The summed E-state index contributed by atoms with van der Waals surface area (Å²) in [4.78, 5) is 13.8. The van der Waals surface area contributed by atoms with Crippen LogP contribution in [0.2, 0.25) is 0 Å². The van der Waals surface area contributed by atoms with Gasteiger partial charge in [-0.3, -0.25) is 0 Å². The van der Waals surface area contributed by atoms with Crippen LogP contribution < -0.4 is 0 Å². The van der Waals surface area contributed by atoms with Gasteiger partial charge in [-0.2, -0.15) is 0 Å². The van der Waals surface area contributed by atoms with E-state index >= 15 is 0 Å². The first-order valence-corrected chi connectivity index (χ1v) is 19.7. The van der Waals surface area contributed by atoms with E-state index in [4.69, 9.17) is 33.2 Å². The summed E-state index contributed by atoms with van der Waals surface area (Å²) in [6.45, 7) is 18.6. The van der Waals surface area contributed by atoms with Crippen molar-refractivity contribution in [2.45, 2.75) is 155 Å². The monoisotopic (exact) mass is 782 g/mol. The fourth-order valence-corrected chi connectivity index (χ4v) is 8.23. The van der Waals surface area contributed by atoms with Crippen molar-refractivity contribution < 1.29 is 63.5 Å². The molecule has 13 heteroatoms. The smallest absolute Gasteiger partial charge is 0.373 e. The van der Waals surface area contributed by atoms with Crippen LogP contribution in [0.3, 0.4) is 0 Å². The predicted molar refractivity (Wildman–Crippen MR) is 206 cm³/mol. The van der Waals surface area contributed by atoms with E-state index in [9.17, 15) is 30.3 Å². The Balaban J connectivity index is 2.00. The molecule has 0 spiro atoms. The minimum absolute atomic E-state index is 0.0363. The minimum atomic E-state index is -1.92. The van der Waals surface area contributed by atoms with Crippen molar-refractivity contribution in [3.63, 3.8) is 0 Å². The van der Waals surface area contributed by atoms with Crippen LogP contribution in [0.15, 0.2) is 47.3 Å². The van der Waals surface area contributed by atoms with Crippen LogP contribution in [0.25, 0.3) is 0 Å². The van der Waals surface area contributed by atoms with Crippen molar-refractivity contribution in [1.29, 1.82) is 0 Å². The molecule has 0 amide bonds. The van der Waals surface area contributed by atoms with Crippen LogP contribution in [0.1, 0.15) is 82.1 Å². The molecular weight excluding hydrogens is 712 g/mol. The van der Waals surface area contributed by atoms with Crippen molar-refractivity contribution in [3.05, 3.63) is 47.3 Å². The molecule has 13 nitrogen and oxygen atoms in total. The lowest BCUT2D eigenvalue weighted by molar-refractivity contribution is -0.362. The summed E-state index contributed by atoms with van der Waals surface area (Å²) < 4.78 is 41.8. The predicted octanol–water partition coefficient (Wildman–Crippen LogP) is 4.20. The Morgan fingerprint density at radius 3 is 2.16 bits per heavy atom. The Bertz CT molecular complexity index is 1360. The molecule has 3 aliphatic heterocycles. The van der Waals surface area contributed by atoms with Gasteiger partial charge in [0.05, 0.1) is 37.6 Å². The summed E-state index contributed by atoms with van der Waals surface area (Å²) in [5.41, 5.74) is 1.73. The number of esters is 1. The summed E-state index contributed by atoms with van der Waals surface area (Å²) >= 11 is 0. The fraction of sp³-hybridized carbons (Fsp3) is 0.786. The molecule has 0 aromatic heterocycles. The van der Waals surface area contributed by atoms with Crippen molar-refractivity contribution in [3.8, 4) is 0 Å². The molecule has 0 aromatic rings. The molecule has 3 aliphatic rings. The molecule has 0 radical (unpaired) electrons. The van der Waals surface area contributed by atoms with E-state index in [0.717, 1.165) is 5.57 Å². The second-order valence-corrected chi connectivity index (χ2v) is 16.6. The Morgan fingerprint density at radius 1 is 0.927 bits per heavy atom. The average molecular weight is 783 g/mol. The molecule has 0 aromatic carbocycles. The van der Waals surface area contributed by atoms with Crippen LogP contribution in [-0.2, 0) is 38.0 Å². The molecule has 55 heavy (non-hydrogen) atoms. The highest BCUT2D eigenvalue weighted by atomic mass is 16.7. The number of aliphatic hydroxyl groups excluding tert-OH is 4. The fourth-order valence-electron chi connectivity index (χ4n) is 8.23. The number of methoxy groups -OCH3 is 3. The van der Waals surface area contributed by atoms with Gasteiger partial charge in [-0.1, -0.05) is 83.9 Å². The number of aliphatic hydroxyl groups is 5. The lowest BCUT2D eigenvalue weighted by atomic mass is 9.76. The second kappa shape index (κ2) is 20.5. The Hall–Kier alpha value is -2.17. The molecule has 2 saturated heterocycles. The van der Waals surface area contributed by atoms with Crippen molar-refractivity contribution in [2.24, 2.45) is 35.5 Å². The van der Waals surface area contributed by atoms with Gasteiger partial charge in [0.2, 0.25) is 5.76 Å². The average Bonchev–Trinajstić information content (AvgIpc) is 3.13. The highest BCUT2D eigenvalue weighted by Crippen LogP contribution is 2.43. The maximum Gasteiger partial charge on any atom is 0.373 e. The van der Waals surface area contributed by atoms with Gasteiger partial charge in [0.25, 0.3) is 0 Å². The zero-order chi connectivity index (χ0) is 41.5. The molecule has 17 atom stereocenters. The molecule has 2 fully saturated rings. The first kappa shape index (κ1) is 47.2. The van der Waals surface area contributed by atoms with Gasteiger partial charge >= 0.3 is 5.97 Å². The SMILES string of the molecule is CO/C1=C/C(C)=C\[C@@H](C)[C@@H](O)[C@@H](C)C/C(C)=C\C=C/[C@H](OC)[C@@H]([C@@H](C)[C@@H](O)[C@H](C)[C@@]2(O)C[C@@H](O[C@@H]3O[C@@H](C)[C@H](O)[C@@H](O)[C@H]3OC)[C@H](C)[C@@H](C(C)C)O2)OC1=O. The quantitative estimate of drug-likeness (QED) is 0.199. The zero-order valence-electron chi connectivity index (χ0n) is 35.1. The highest BCUT2D eigenvalue weighted by Gasteiger charge is 2.54. The number of carbonyl (C=O) groups is 1. The number of hydrogen-bond donors (Lipinski definition) is 5. The topological polar surface area (TPSA) is 183 Å². The normalized spacial score (nSPS) is 43.8. The maximum absolute atomic E-state index is 13.8. The molecule has 0 saturated carbocycles. The third-order valence-electron chi connectivity index (χ3n) is 11.8. The van der Waals surface area contributed by atoms with E-state index in [1.165, 1.54) is 21.3 Å². The molecule has 3 rings (SSSR count). The first-order valence-electron chi connectivity index (χ1n) is 19.7. The van der Waals surface area contributed by atoms with Gasteiger partial charge in [0.15, 0.2) is 12.1 Å². The van der Waals surface area contributed by atoms with Crippen LogP contribution in [-0.4, -0.2) is 126 Å². The second-order valence-electron chi connectivity index (χ2n) is 16.6. The van der Waals surface area contributed by atoms with Gasteiger partial charge in [0, 0.05) is 44.3 Å². The van der Waals surface area contributed by atoms with Gasteiger partial charge < -0.3 is 58.7 Å². The van der Waals surface area contributed by atoms with E-state index in [1.807, 2.05) is 66.7 Å². The van der Waals surface area contributed by atoms with E-state index in [-0.39, 0.29) is 35.9 Å². The van der Waals surface area contributed by atoms with Gasteiger partial charge in [-0.05, 0) is 45.1 Å². The third-order valence-corrected chi connectivity index (χ3v) is 11.8. The lowest BCUT2D eigenvalue weighted by Crippen LogP contribution is -2.62.